The zero-order valence-corrected chi connectivity index (χ0v) is 18.6. The predicted octanol–water partition coefficient (Wildman–Crippen LogP) is 4.56. The van der Waals surface area contributed by atoms with Gasteiger partial charge >= 0.3 is 6.18 Å². The molecule has 0 atom stereocenters. The Balaban J connectivity index is 1.83. The van der Waals surface area contributed by atoms with Crippen LogP contribution in [0.3, 0.4) is 0 Å². The summed E-state index contributed by atoms with van der Waals surface area (Å²) in [6, 6.07) is 6.24. The average molecular weight is 492 g/mol. The van der Waals surface area contributed by atoms with Crippen LogP contribution < -0.4 is 0 Å². The molecule has 11 heteroatoms. The van der Waals surface area contributed by atoms with Gasteiger partial charge in [-0.2, -0.15) is 13.2 Å². The minimum Gasteiger partial charge on any atom is -0.378 e. The first-order chi connectivity index (χ1) is 15.5. The number of halogens is 6. The molecule has 2 aliphatic heterocycles. The lowest BCUT2D eigenvalue weighted by Gasteiger charge is -2.39. The van der Waals surface area contributed by atoms with Crippen molar-refractivity contribution in [3.8, 4) is 11.1 Å². The van der Waals surface area contributed by atoms with Gasteiger partial charge in [-0.3, -0.25) is 9.69 Å². The molecular weight excluding hydrogens is 469 g/mol. The van der Waals surface area contributed by atoms with E-state index in [1.165, 1.54) is 16.7 Å². The number of hydrogen-bond acceptors (Lipinski definition) is 3. The number of benzene rings is 1. The molecule has 1 amide bonds. The summed E-state index contributed by atoms with van der Waals surface area (Å²) in [5, 5.41) is 0.409. The Hall–Kier alpha value is -2.17. The van der Waals surface area contributed by atoms with Gasteiger partial charge in [0, 0.05) is 36.8 Å². The topological polar surface area (TPSA) is 37.7 Å². The molecule has 180 valence electrons. The van der Waals surface area contributed by atoms with Gasteiger partial charge in [0.2, 0.25) is 0 Å². The van der Waals surface area contributed by atoms with Gasteiger partial charge in [0.15, 0.2) is 0 Å². The van der Waals surface area contributed by atoms with E-state index in [0.717, 1.165) is 4.57 Å². The largest absolute Gasteiger partial charge is 0.431 e. The number of ether oxygens (including phenoxy) is 1. The molecule has 0 aliphatic carbocycles. The number of alkyl halides is 5. The summed E-state index contributed by atoms with van der Waals surface area (Å²) >= 11 is 5.96. The van der Waals surface area contributed by atoms with Gasteiger partial charge in [-0.15, -0.1) is 0 Å². The Kier molecular flexibility index (Phi) is 6.45. The average Bonchev–Trinajstić information content (AvgIpc) is 3.03. The zero-order chi connectivity index (χ0) is 24.0. The molecule has 2 saturated heterocycles. The summed E-state index contributed by atoms with van der Waals surface area (Å²) in [5.74, 6) is -3.38. The summed E-state index contributed by atoms with van der Waals surface area (Å²) in [4.78, 5) is 16.4. The monoisotopic (exact) mass is 491 g/mol. The summed E-state index contributed by atoms with van der Waals surface area (Å²) in [6.07, 6.45) is -4.74. The summed E-state index contributed by atoms with van der Waals surface area (Å²) in [6.45, 7) is 1.12. The molecule has 3 heterocycles. The molecule has 0 saturated carbocycles. The van der Waals surface area contributed by atoms with Crippen molar-refractivity contribution in [3.63, 3.8) is 0 Å². The van der Waals surface area contributed by atoms with Gasteiger partial charge in [0.25, 0.3) is 11.8 Å². The van der Waals surface area contributed by atoms with Crippen molar-refractivity contribution in [2.24, 2.45) is 0 Å². The second-order valence-electron chi connectivity index (χ2n) is 8.32. The Morgan fingerprint density at radius 2 is 1.70 bits per heavy atom. The van der Waals surface area contributed by atoms with E-state index < -0.39 is 36.8 Å². The van der Waals surface area contributed by atoms with E-state index in [4.69, 9.17) is 16.3 Å². The number of hydrogen-bond donors (Lipinski definition) is 0. The fourth-order valence-electron chi connectivity index (χ4n) is 4.45. The van der Waals surface area contributed by atoms with Gasteiger partial charge in [0.1, 0.15) is 11.4 Å². The van der Waals surface area contributed by atoms with Crippen molar-refractivity contribution in [1.29, 1.82) is 0 Å². The van der Waals surface area contributed by atoms with Crippen LogP contribution in [-0.4, -0.2) is 72.1 Å². The van der Waals surface area contributed by atoms with Crippen molar-refractivity contribution in [1.82, 2.24) is 14.4 Å². The van der Waals surface area contributed by atoms with Crippen LogP contribution in [0, 0.1) is 6.92 Å². The molecule has 2 aliphatic rings. The lowest BCUT2D eigenvalue weighted by atomic mass is 10.00. The quantitative estimate of drug-likeness (QED) is 0.576. The fraction of sp³-hybridized carbons (Fsp3) is 0.500. The fourth-order valence-corrected chi connectivity index (χ4v) is 4.58. The van der Waals surface area contributed by atoms with Crippen molar-refractivity contribution < 1.29 is 31.5 Å². The molecule has 33 heavy (non-hydrogen) atoms. The predicted molar refractivity (Wildman–Crippen MR) is 113 cm³/mol. The second-order valence-corrected chi connectivity index (χ2v) is 8.76. The van der Waals surface area contributed by atoms with E-state index in [-0.39, 0.29) is 56.2 Å². The summed E-state index contributed by atoms with van der Waals surface area (Å²) in [7, 11) is 0. The smallest absolute Gasteiger partial charge is 0.378 e. The van der Waals surface area contributed by atoms with Crippen LogP contribution in [0.5, 0.6) is 0 Å². The van der Waals surface area contributed by atoms with Crippen LogP contribution in [0.1, 0.15) is 21.7 Å². The standard InChI is InChI=1S/C22H23ClF5N3O2/c1-14-17(15-2-4-16(23)5-3-15)18(20(32)30-8-10-33-11-9-30)31(19(14)22(26,27)28)7-6-29-12-21(24,25)13-29/h2-5H,6-13H2,1H3. The Bertz CT molecular complexity index is 1020. The van der Waals surface area contributed by atoms with Gasteiger partial charge in [-0.05, 0) is 30.2 Å². The van der Waals surface area contributed by atoms with Crippen LogP contribution in [0.25, 0.3) is 11.1 Å². The maximum atomic E-state index is 14.2. The van der Waals surface area contributed by atoms with E-state index in [2.05, 4.69) is 0 Å². The summed E-state index contributed by atoms with van der Waals surface area (Å²) in [5.41, 5.74) is -0.541. The first kappa shape index (κ1) is 24.0. The minimum absolute atomic E-state index is 0.0315. The number of aromatic nitrogens is 1. The number of amides is 1. The molecule has 1 aromatic heterocycles. The molecule has 1 aromatic carbocycles. The first-order valence-electron chi connectivity index (χ1n) is 10.5. The summed E-state index contributed by atoms with van der Waals surface area (Å²) < 4.78 is 75.3. The third-order valence-electron chi connectivity index (χ3n) is 5.96. The van der Waals surface area contributed by atoms with Gasteiger partial charge in [-0.25, -0.2) is 8.78 Å². The lowest BCUT2D eigenvalue weighted by molar-refractivity contribution is -0.146. The van der Waals surface area contributed by atoms with Gasteiger partial charge in [0.05, 0.1) is 26.3 Å². The van der Waals surface area contributed by atoms with Crippen molar-refractivity contribution in [2.45, 2.75) is 25.6 Å². The highest BCUT2D eigenvalue weighted by molar-refractivity contribution is 6.30. The van der Waals surface area contributed by atoms with Crippen LogP contribution >= 0.6 is 11.6 Å². The van der Waals surface area contributed by atoms with Gasteiger partial charge < -0.3 is 14.2 Å². The Morgan fingerprint density at radius 3 is 2.24 bits per heavy atom. The molecule has 2 aromatic rings. The van der Waals surface area contributed by atoms with E-state index in [1.807, 2.05) is 0 Å². The molecule has 0 N–H and O–H groups in total. The maximum absolute atomic E-state index is 14.2. The van der Waals surface area contributed by atoms with Crippen LogP contribution in [0.4, 0.5) is 22.0 Å². The Labute approximate surface area is 192 Å². The third-order valence-corrected chi connectivity index (χ3v) is 6.21. The van der Waals surface area contributed by atoms with Crippen LogP contribution in [-0.2, 0) is 17.5 Å². The van der Waals surface area contributed by atoms with Crippen molar-refractivity contribution in [2.75, 3.05) is 45.9 Å². The molecule has 4 rings (SSSR count). The molecule has 0 unspecified atom stereocenters. The maximum Gasteiger partial charge on any atom is 0.431 e. The van der Waals surface area contributed by atoms with Crippen LogP contribution in [0.15, 0.2) is 24.3 Å². The lowest BCUT2D eigenvalue weighted by Crippen LogP contribution is -2.56. The molecule has 0 radical (unpaired) electrons. The van der Waals surface area contributed by atoms with E-state index >= 15 is 0 Å². The molecule has 0 bridgehead atoms. The SMILES string of the molecule is Cc1c(-c2ccc(Cl)cc2)c(C(=O)N2CCOCC2)n(CCN2CC(F)(F)C2)c1C(F)(F)F. The van der Waals surface area contributed by atoms with Gasteiger partial charge in [-0.1, -0.05) is 23.7 Å². The molecule has 5 nitrogen and oxygen atoms in total. The number of likely N-dealkylation sites (tertiary alicyclic amines) is 1. The molecule has 0 spiro atoms. The Morgan fingerprint density at radius 1 is 1.09 bits per heavy atom. The van der Waals surface area contributed by atoms with E-state index in [1.54, 1.807) is 24.3 Å². The molecule has 2 fully saturated rings. The molecular formula is C22H23ClF5N3O2. The zero-order valence-electron chi connectivity index (χ0n) is 17.9. The third kappa shape index (κ3) is 4.88. The highest BCUT2D eigenvalue weighted by Gasteiger charge is 2.45. The highest BCUT2D eigenvalue weighted by Crippen LogP contribution is 2.42. The van der Waals surface area contributed by atoms with Crippen molar-refractivity contribution >= 4 is 17.5 Å². The van der Waals surface area contributed by atoms with Crippen LogP contribution in [0.2, 0.25) is 5.02 Å². The van der Waals surface area contributed by atoms with E-state index in [0.29, 0.717) is 10.6 Å². The van der Waals surface area contributed by atoms with E-state index in [9.17, 15) is 26.7 Å². The number of carbonyl (C=O) groups is 1. The highest BCUT2D eigenvalue weighted by atomic mass is 35.5. The number of rotatable bonds is 5. The second kappa shape index (κ2) is 8.88. The van der Waals surface area contributed by atoms with Crippen molar-refractivity contribution in [3.05, 3.63) is 46.2 Å². The number of morpholine rings is 1. The minimum atomic E-state index is -4.74. The number of carbonyl (C=O) groups excluding carboxylic acids is 1. The normalized spacial score (nSPS) is 18.9. The first-order valence-corrected chi connectivity index (χ1v) is 10.9. The number of nitrogens with zero attached hydrogens (tertiary/aromatic N) is 3.